The SMILES string of the molecule is COc1cn(-c2ccccc2)nc1C(=O)OCc1c(C)noc1C. The standard InChI is InChI=1S/C17H17N3O4/c1-11-14(12(2)24-19-11)10-23-17(21)16-15(22-3)9-20(18-16)13-7-5-4-6-8-13/h4-9H,10H2,1-3H3. The second-order valence-electron chi connectivity index (χ2n) is 5.21. The number of aryl methyl sites for hydroxylation is 2. The van der Waals surface area contributed by atoms with Gasteiger partial charge in [0, 0.05) is 0 Å². The number of benzene rings is 1. The zero-order chi connectivity index (χ0) is 17.1. The number of rotatable bonds is 5. The van der Waals surface area contributed by atoms with Gasteiger partial charge in [-0.15, -0.1) is 0 Å². The second-order valence-corrected chi connectivity index (χ2v) is 5.21. The molecule has 0 bridgehead atoms. The highest BCUT2D eigenvalue weighted by molar-refractivity contribution is 5.90. The van der Waals surface area contributed by atoms with Gasteiger partial charge in [0.2, 0.25) is 5.69 Å². The molecule has 0 N–H and O–H groups in total. The third kappa shape index (κ3) is 3.01. The lowest BCUT2D eigenvalue weighted by Gasteiger charge is -2.03. The van der Waals surface area contributed by atoms with Crippen LogP contribution in [0.5, 0.6) is 5.75 Å². The van der Waals surface area contributed by atoms with Crippen LogP contribution in [0.4, 0.5) is 0 Å². The molecular weight excluding hydrogens is 310 g/mol. The number of hydrogen-bond donors (Lipinski definition) is 0. The van der Waals surface area contributed by atoms with E-state index in [2.05, 4.69) is 10.3 Å². The van der Waals surface area contributed by atoms with Crippen LogP contribution in [0.2, 0.25) is 0 Å². The average Bonchev–Trinajstić information content (AvgIpc) is 3.18. The maximum Gasteiger partial charge on any atom is 0.363 e. The largest absolute Gasteiger partial charge is 0.493 e. The fourth-order valence-corrected chi connectivity index (χ4v) is 2.28. The van der Waals surface area contributed by atoms with E-state index in [0.29, 0.717) is 17.2 Å². The number of esters is 1. The van der Waals surface area contributed by atoms with Crippen molar-refractivity contribution in [2.45, 2.75) is 20.5 Å². The van der Waals surface area contributed by atoms with Crippen molar-refractivity contribution >= 4 is 5.97 Å². The molecule has 0 saturated carbocycles. The summed E-state index contributed by atoms with van der Waals surface area (Å²) in [5.41, 5.74) is 2.39. The van der Waals surface area contributed by atoms with Crippen molar-refractivity contribution in [2.24, 2.45) is 0 Å². The Kier molecular flexibility index (Phi) is 4.33. The molecule has 7 heteroatoms. The van der Waals surface area contributed by atoms with Gasteiger partial charge in [0.25, 0.3) is 0 Å². The first kappa shape index (κ1) is 15.8. The molecule has 0 fully saturated rings. The van der Waals surface area contributed by atoms with E-state index in [-0.39, 0.29) is 12.3 Å². The van der Waals surface area contributed by atoms with Gasteiger partial charge in [-0.3, -0.25) is 0 Å². The molecule has 7 nitrogen and oxygen atoms in total. The third-order valence-corrected chi connectivity index (χ3v) is 3.64. The van der Waals surface area contributed by atoms with Crippen molar-refractivity contribution in [3.05, 3.63) is 59.2 Å². The number of carbonyl (C=O) groups excluding carboxylic acids is 1. The summed E-state index contributed by atoms with van der Waals surface area (Å²) in [6, 6.07) is 9.44. The molecule has 2 aromatic heterocycles. The highest BCUT2D eigenvalue weighted by Crippen LogP contribution is 2.21. The summed E-state index contributed by atoms with van der Waals surface area (Å²) in [7, 11) is 1.48. The van der Waals surface area contributed by atoms with Crippen molar-refractivity contribution < 1.29 is 18.8 Å². The first-order chi connectivity index (χ1) is 11.6. The number of para-hydroxylation sites is 1. The van der Waals surface area contributed by atoms with Gasteiger partial charge in [-0.05, 0) is 26.0 Å². The van der Waals surface area contributed by atoms with Crippen molar-refractivity contribution in [3.63, 3.8) is 0 Å². The molecule has 3 rings (SSSR count). The van der Waals surface area contributed by atoms with Gasteiger partial charge in [0.05, 0.1) is 30.3 Å². The Balaban J connectivity index is 1.81. The summed E-state index contributed by atoms with van der Waals surface area (Å²) in [6.45, 7) is 3.64. The summed E-state index contributed by atoms with van der Waals surface area (Å²) in [5, 5.41) is 8.11. The minimum Gasteiger partial charge on any atom is -0.493 e. The Morgan fingerprint density at radius 3 is 2.62 bits per heavy atom. The Morgan fingerprint density at radius 1 is 1.25 bits per heavy atom. The van der Waals surface area contributed by atoms with E-state index in [4.69, 9.17) is 14.0 Å². The van der Waals surface area contributed by atoms with E-state index in [9.17, 15) is 4.79 Å². The normalized spacial score (nSPS) is 10.6. The van der Waals surface area contributed by atoms with E-state index >= 15 is 0 Å². The third-order valence-electron chi connectivity index (χ3n) is 3.64. The van der Waals surface area contributed by atoms with E-state index in [1.54, 1.807) is 24.7 Å². The number of hydrogen-bond acceptors (Lipinski definition) is 6. The Labute approximate surface area is 138 Å². The number of carbonyl (C=O) groups is 1. The molecule has 0 aliphatic carbocycles. The number of methoxy groups -OCH3 is 1. The topological polar surface area (TPSA) is 79.4 Å². The Morgan fingerprint density at radius 2 is 2.00 bits per heavy atom. The molecule has 0 aliphatic heterocycles. The van der Waals surface area contributed by atoms with Crippen LogP contribution in [0.3, 0.4) is 0 Å². The van der Waals surface area contributed by atoms with Crippen molar-refractivity contribution in [2.75, 3.05) is 7.11 Å². The molecule has 0 saturated heterocycles. The van der Waals surface area contributed by atoms with Gasteiger partial charge in [-0.2, -0.15) is 5.10 Å². The summed E-state index contributed by atoms with van der Waals surface area (Å²) >= 11 is 0. The molecule has 0 unspecified atom stereocenters. The van der Waals surface area contributed by atoms with Gasteiger partial charge < -0.3 is 14.0 Å². The van der Waals surface area contributed by atoms with Crippen LogP contribution in [-0.4, -0.2) is 28.0 Å². The van der Waals surface area contributed by atoms with E-state index < -0.39 is 5.97 Å². The molecule has 0 aliphatic rings. The lowest BCUT2D eigenvalue weighted by Crippen LogP contribution is -2.09. The number of ether oxygens (including phenoxy) is 2. The maximum atomic E-state index is 12.4. The van der Waals surface area contributed by atoms with Crippen molar-refractivity contribution in [3.8, 4) is 11.4 Å². The molecule has 0 spiro atoms. The summed E-state index contributed by atoms with van der Waals surface area (Å²) in [4.78, 5) is 12.4. The summed E-state index contributed by atoms with van der Waals surface area (Å²) in [5.74, 6) is 0.409. The zero-order valence-electron chi connectivity index (χ0n) is 13.6. The van der Waals surface area contributed by atoms with Crippen LogP contribution in [0.15, 0.2) is 41.1 Å². The van der Waals surface area contributed by atoms with E-state index in [1.807, 2.05) is 30.3 Å². The Hall–Kier alpha value is -3.09. The quantitative estimate of drug-likeness (QED) is 0.670. The molecule has 0 radical (unpaired) electrons. The average molecular weight is 327 g/mol. The van der Waals surface area contributed by atoms with Crippen LogP contribution < -0.4 is 4.74 Å². The molecule has 124 valence electrons. The van der Waals surface area contributed by atoms with Crippen molar-refractivity contribution in [1.82, 2.24) is 14.9 Å². The molecular formula is C17H17N3O4. The molecule has 24 heavy (non-hydrogen) atoms. The zero-order valence-corrected chi connectivity index (χ0v) is 13.6. The van der Waals surface area contributed by atoms with E-state index in [0.717, 1.165) is 11.3 Å². The van der Waals surface area contributed by atoms with Gasteiger partial charge in [-0.1, -0.05) is 23.4 Å². The van der Waals surface area contributed by atoms with Crippen LogP contribution in [0, 0.1) is 13.8 Å². The highest BCUT2D eigenvalue weighted by atomic mass is 16.5. The summed E-state index contributed by atoms with van der Waals surface area (Å²) < 4.78 is 17.2. The predicted molar refractivity (Wildman–Crippen MR) is 85.2 cm³/mol. The molecule has 0 amide bonds. The van der Waals surface area contributed by atoms with Gasteiger partial charge >= 0.3 is 5.97 Å². The number of aromatic nitrogens is 3. The van der Waals surface area contributed by atoms with E-state index in [1.165, 1.54) is 7.11 Å². The lowest BCUT2D eigenvalue weighted by atomic mass is 10.2. The first-order valence-electron chi connectivity index (χ1n) is 7.38. The number of nitrogens with zero attached hydrogens (tertiary/aromatic N) is 3. The van der Waals surface area contributed by atoms with Crippen LogP contribution in [-0.2, 0) is 11.3 Å². The van der Waals surface area contributed by atoms with Gasteiger partial charge in [0.1, 0.15) is 12.4 Å². The Bertz CT molecular complexity index is 833. The first-order valence-corrected chi connectivity index (χ1v) is 7.38. The van der Waals surface area contributed by atoms with Crippen LogP contribution in [0.1, 0.15) is 27.5 Å². The fraction of sp³-hybridized carbons (Fsp3) is 0.235. The van der Waals surface area contributed by atoms with Gasteiger partial charge in [-0.25, -0.2) is 9.48 Å². The molecule has 0 atom stereocenters. The monoisotopic (exact) mass is 327 g/mol. The van der Waals surface area contributed by atoms with Crippen LogP contribution >= 0.6 is 0 Å². The lowest BCUT2D eigenvalue weighted by molar-refractivity contribution is 0.0459. The maximum absolute atomic E-state index is 12.4. The molecule has 3 aromatic rings. The molecule has 2 heterocycles. The second kappa shape index (κ2) is 6.57. The van der Waals surface area contributed by atoms with Crippen molar-refractivity contribution in [1.29, 1.82) is 0 Å². The smallest absolute Gasteiger partial charge is 0.363 e. The highest BCUT2D eigenvalue weighted by Gasteiger charge is 2.21. The predicted octanol–water partition coefficient (Wildman–Crippen LogP) is 2.84. The minimum atomic E-state index is -0.568. The summed E-state index contributed by atoms with van der Waals surface area (Å²) in [6.07, 6.45) is 1.64. The van der Waals surface area contributed by atoms with Crippen LogP contribution in [0.25, 0.3) is 5.69 Å². The fourth-order valence-electron chi connectivity index (χ4n) is 2.28. The minimum absolute atomic E-state index is 0.0708. The van der Waals surface area contributed by atoms with Gasteiger partial charge in [0.15, 0.2) is 5.75 Å². The molecule has 1 aromatic carbocycles.